The first-order valence-electron chi connectivity index (χ1n) is 14.3. The average molecular weight is 664 g/mol. The Kier molecular flexibility index (Phi) is 8.17. The van der Waals surface area contributed by atoms with Gasteiger partial charge in [-0.25, -0.2) is 4.98 Å². The highest BCUT2D eigenvalue weighted by Crippen LogP contribution is 2.37. The van der Waals surface area contributed by atoms with Gasteiger partial charge in [0.25, 0.3) is 5.91 Å². The third-order valence-electron chi connectivity index (χ3n) is 8.18. The van der Waals surface area contributed by atoms with Crippen LogP contribution in [0.3, 0.4) is 0 Å². The number of hydrogen-bond acceptors (Lipinski definition) is 5. The van der Waals surface area contributed by atoms with Gasteiger partial charge >= 0.3 is 6.18 Å². The van der Waals surface area contributed by atoms with Gasteiger partial charge in [-0.05, 0) is 70.4 Å². The number of nitrogens with one attached hydrogen (secondary N) is 1. The van der Waals surface area contributed by atoms with Crippen molar-refractivity contribution in [2.75, 3.05) is 18.4 Å². The van der Waals surface area contributed by atoms with Crippen LogP contribution >= 0.6 is 15.9 Å². The number of fused-ring (bicyclic) bond motifs is 1. The minimum atomic E-state index is -4.53. The van der Waals surface area contributed by atoms with Crippen molar-refractivity contribution in [2.24, 2.45) is 5.73 Å². The van der Waals surface area contributed by atoms with E-state index in [1.807, 2.05) is 42.5 Å². The molecule has 1 fully saturated rings. The lowest BCUT2D eigenvalue weighted by molar-refractivity contribution is -0.137. The zero-order valence-electron chi connectivity index (χ0n) is 23.9. The van der Waals surface area contributed by atoms with E-state index >= 15 is 0 Å². The number of rotatable bonds is 6. The number of aromatic nitrogens is 3. The number of carbonyl (C=O) groups is 1. The molecule has 0 radical (unpaired) electrons. The summed E-state index contributed by atoms with van der Waals surface area (Å²) < 4.78 is 43.1. The molecule has 0 aliphatic carbocycles. The van der Waals surface area contributed by atoms with Crippen molar-refractivity contribution in [3.05, 3.63) is 111 Å². The van der Waals surface area contributed by atoms with Crippen LogP contribution in [-0.4, -0.2) is 38.5 Å². The Morgan fingerprint density at radius 1 is 1.05 bits per heavy atom. The summed E-state index contributed by atoms with van der Waals surface area (Å²) >= 11 is 3.63. The van der Waals surface area contributed by atoms with Crippen molar-refractivity contribution in [3.8, 4) is 11.3 Å². The van der Waals surface area contributed by atoms with Crippen LogP contribution in [0.15, 0.2) is 83.5 Å². The normalized spacial score (nSPS) is 14.3. The van der Waals surface area contributed by atoms with E-state index in [1.54, 1.807) is 11.8 Å². The summed E-state index contributed by atoms with van der Waals surface area (Å²) in [4.78, 5) is 20.4. The van der Waals surface area contributed by atoms with E-state index in [4.69, 9.17) is 10.8 Å². The molecule has 0 atom stereocenters. The number of alkyl halides is 3. The monoisotopic (exact) mass is 662 g/mol. The van der Waals surface area contributed by atoms with E-state index in [0.29, 0.717) is 40.4 Å². The molecule has 6 rings (SSSR count). The molecule has 3 N–H and O–H groups in total. The number of benzene rings is 3. The number of halogens is 4. The van der Waals surface area contributed by atoms with Crippen LogP contribution in [0.25, 0.3) is 16.9 Å². The Balaban J connectivity index is 1.44. The number of amides is 1. The fourth-order valence-electron chi connectivity index (χ4n) is 5.71. The molecule has 2 aromatic heterocycles. The van der Waals surface area contributed by atoms with Crippen molar-refractivity contribution in [1.82, 2.24) is 19.5 Å². The first-order chi connectivity index (χ1) is 21.2. The van der Waals surface area contributed by atoms with Gasteiger partial charge in [-0.15, -0.1) is 0 Å². The lowest BCUT2D eigenvalue weighted by Crippen LogP contribution is -2.38. The molecule has 11 heteroatoms. The van der Waals surface area contributed by atoms with Gasteiger partial charge in [-0.1, -0.05) is 60.7 Å². The second kappa shape index (κ2) is 12.0. The van der Waals surface area contributed by atoms with Crippen LogP contribution in [0.4, 0.5) is 24.7 Å². The molecule has 3 heterocycles. The molecule has 0 saturated carbocycles. The number of aryl methyl sites for hydroxylation is 1. The van der Waals surface area contributed by atoms with E-state index in [1.165, 1.54) is 22.3 Å². The van der Waals surface area contributed by atoms with Gasteiger partial charge in [0, 0.05) is 37.1 Å². The summed E-state index contributed by atoms with van der Waals surface area (Å²) in [7, 11) is 0. The maximum Gasteiger partial charge on any atom is 0.416 e. The highest BCUT2D eigenvalue weighted by atomic mass is 79.9. The van der Waals surface area contributed by atoms with Crippen LogP contribution in [-0.2, 0) is 12.7 Å². The Bertz CT molecular complexity index is 1830. The molecule has 226 valence electrons. The molecule has 1 saturated heterocycles. The highest BCUT2D eigenvalue weighted by Gasteiger charge is 2.32. The van der Waals surface area contributed by atoms with Crippen molar-refractivity contribution in [1.29, 1.82) is 0 Å². The van der Waals surface area contributed by atoms with Crippen LogP contribution in [0.1, 0.15) is 51.4 Å². The predicted molar refractivity (Wildman–Crippen MR) is 168 cm³/mol. The number of piperidine rings is 1. The van der Waals surface area contributed by atoms with Gasteiger partial charge < -0.3 is 16.0 Å². The summed E-state index contributed by atoms with van der Waals surface area (Å²) in [5.74, 6) is 0.303. The zero-order chi connectivity index (χ0) is 31.0. The average Bonchev–Trinajstić information content (AvgIpc) is 3.38. The molecule has 0 bridgehead atoms. The van der Waals surface area contributed by atoms with Crippen molar-refractivity contribution in [2.45, 2.75) is 38.4 Å². The van der Waals surface area contributed by atoms with E-state index < -0.39 is 11.7 Å². The summed E-state index contributed by atoms with van der Waals surface area (Å²) in [6.45, 7) is 3.06. The largest absolute Gasteiger partial charge is 0.416 e. The predicted octanol–water partition coefficient (Wildman–Crippen LogP) is 7.71. The van der Waals surface area contributed by atoms with Gasteiger partial charge in [0.2, 0.25) is 0 Å². The second-order valence-electron chi connectivity index (χ2n) is 10.9. The van der Waals surface area contributed by atoms with Gasteiger partial charge in [0.1, 0.15) is 17.1 Å². The van der Waals surface area contributed by atoms with E-state index in [9.17, 15) is 18.0 Å². The molecule has 0 spiro atoms. The van der Waals surface area contributed by atoms with Gasteiger partial charge in [0.05, 0.1) is 10.0 Å². The second-order valence-corrected chi connectivity index (χ2v) is 11.7. The topological polar surface area (TPSA) is 88.5 Å². The van der Waals surface area contributed by atoms with Crippen LogP contribution < -0.4 is 11.1 Å². The zero-order valence-corrected chi connectivity index (χ0v) is 25.5. The lowest BCUT2D eigenvalue weighted by Gasteiger charge is -2.32. The summed E-state index contributed by atoms with van der Waals surface area (Å²) in [6, 6.07) is 21.3. The fourth-order valence-corrected chi connectivity index (χ4v) is 6.27. The Morgan fingerprint density at radius 3 is 2.45 bits per heavy atom. The van der Waals surface area contributed by atoms with Gasteiger partial charge in [-0.2, -0.15) is 22.8 Å². The molecule has 3 aromatic carbocycles. The number of hydrogen-bond donors (Lipinski definition) is 2. The van der Waals surface area contributed by atoms with Crippen molar-refractivity contribution < 1.29 is 18.0 Å². The molecular formula is C33H30BrF3N6O. The molecule has 7 nitrogen and oxygen atoms in total. The minimum Gasteiger partial charge on any atom is -0.339 e. The summed E-state index contributed by atoms with van der Waals surface area (Å²) in [5.41, 5.74) is 10.0. The van der Waals surface area contributed by atoms with Crippen LogP contribution in [0.2, 0.25) is 0 Å². The van der Waals surface area contributed by atoms with Crippen molar-refractivity contribution in [3.63, 3.8) is 0 Å². The Morgan fingerprint density at radius 2 is 1.75 bits per heavy atom. The molecule has 5 aromatic rings. The molecule has 1 amide bonds. The van der Waals surface area contributed by atoms with Crippen LogP contribution in [0.5, 0.6) is 0 Å². The SMILES string of the molecule is Cc1ccc(C(F)(F)F)cc1Nc1c(C(=O)N2CCC(c3ccccc3)CC2)cnc2c(Br)c(-c3ccccc3CN)nn12. The lowest BCUT2D eigenvalue weighted by atomic mass is 9.89. The maximum atomic E-state index is 14.1. The standard InChI is InChI=1S/C33H30BrF3N6O/c1-20-11-12-24(33(35,36)37)17-27(20)40-30-26(32(44)42-15-13-22(14-16-42)21-7-3-2-4-8-21)19-39-31-28(34)29(41-43(30)31)25-10-6-5-9-23(25)18-38/h2-12,17,19,22,40H,13-16,18,38H2,1H3. The van der Waals surface area contributed by atoms with Crippen molar-refractivity contribution >= 4 is 39.0 Å². The number of anilines is 2. The quantitative estimate of drug-likeness (QED) is 0.194. The fraction of sp³-hybridized carbons (Fsp3) is 0.242. The van der Waals surface area contributed by atoms with Crippen LogP contribution in [0, 0.1) is 6.92 Å². The Labute approximate surface area is 261 Å². The van der Waals surface area contributed by atoms with E-state index in [-0.39, 0.29) is 29.5 Å². The molecule has 0 unspecified atom stereocenters. The van der Waals surface area contributed by atoms with E-state index in [0.717, 1.165) is 36.1 Å². The minimum absolute atomic E-state index is 0.208. The highest BCUT2D eigenvalue weighted by molar-refractivity contribution is 9.10. The molecule has 1 aliphatic heterocycles. The number of likely N-dealkylation sites (tertiary alicyclic amines) is 1. The van der Waals surface area contributed by atoms with Gasteiger partial charge in [-0.3, -0.25) is 4.79 Å². The first-order valence-corrected chi connectivity index (χ1v) is 15.1. The number of nitrogens with two attached hydrogens (primary N) is 1. The summed E-state index contributed by atoms with van der Waals surface area (Å²) in [5, 5.41) is 7.96. The number of carbonyl (C=O) groups excluding carboxylic acids is 1. The van der Waals surface area contributed by atoms with Gasteiger partial charge in [0.15, 0.2) is 5.65 Å². The van der Waals surface area contributed by atoms with E-state index in [2.05, 4.69) is 38.4 Å². The third kappa shape index (κ3) is 5.69. The Hall–Kier alpha value is -4.22. The number of nitrogens with zero attached hydrogens (tertiary/aromatic N) is 4. The molecule has 1 aliphatic rings. The maximum absolute atomic E-state index is 14.1. The molecule has 44 heavy (non-hydrogen) atoms. The summed E-state index contributed by atoms with van der Waals surface area (Å²) in [6.07, 6.45) is -1.47. The smallest absolute Gasteiger partial charge is 0.339 e. The third-order valence-corrected chi connectivity index (χ3v) is 8.91. The molecular weight excluding hydrogens is 633 g/mol. The first kappa shape index (κ1) is 29.8.